The van der Waals surface area contributed by atoms with Gasteiger partial charge in [-0.2, -0.15) is 0 Å². The van der Waals surface area contributed by atoms with E-state index < -0.39 is 0 Å². The van der Waals surface area contributed by atoms with E-state index in [0.29, 0.717) is 0 Å². The van der Waals surface area contributed by atoms with Crippen LogP contribution in [-0.4, -0.2) is 27.7 Å². The zero-order valence-corrected chi connectivity index (χ0v) is 15.7. The summed E-state index contributed by atoms with van der Waals surface area (Å²) < 4.78 is 0. The molecule has 0 saturated heterocycles. The summed E-state index contributed by atoms with van der Waals surface area (Å²) in [4.78, 5) is 23.8. The zero-order valence-electron chi connectivity index (χ0n) is 14.8. The highest BCUT2D eigenvalue weighted by Crippen LogP contribution is 2.24. The lowest BCUT2D eigenvalue weighted by molar-refractivity contribution is 0.237. The highest BCUT2D eigenvalue weighted by molar-refractivity contribution is 7.98. The maximum absolute atomic E-state index is 12.4. The van der Waals surface area contributed by atoms with Gasteiger partial charge in [-0.05, 0) is 24.3 Å². The maximum atomic E-state index is 12.4. The minimum absolute atomic E-state index is 0.0362. The lowest BCUT2D eigenvalue weighted by Gasteiger charge is -2.29. The summed E-state index contributed by atoms with van der Waals surface area (Å²) in [5.74, 6) is 0.776. The van der Waals surface area contributed by atoms with Crippen molar-refractivity contribution in [1.82, 2.24) is 14.9 Å². The van der Waals surface area contributed by atoms with E-state index in [1.807, 2.05) is 0 Å². The van der Waals surface area contributed by atoms with Crippen molar-refractivity contribution in [3.8, 4) is 0 Å². The van der Waals surface area contributed by atoms with Crippen molar-refractivity contribution in [3.05, 3.63) is 57.3 Å². The third-order valence-corrected chi connectivity index (χ3v) is 5.29. The van der Waals surface area contributed by atoms with E-state index in [4.69, 9.17) is 4.98 Å². The molecule has 128 valence electrons. The molecule has 0 radical (unpaired) electrons. The van der Waals surface area contributed by atoms with Gasteiger partial charge in [-0.1, -0.05) is 39.0 Å². The van der Waals surface area contributed by atoms with Crippen LogP contribution in [0, 0.1) is 0 Å². The molecule has 1 aliphatic rings. The van der Waals surface area contributed by atoms with Crippen LogP contribution in [0.3, 0.4) is 0 Å². The van der Waals surface area contributed by atoms with Gasteiger partial charge in [0.2, 0.25) is 0 Å². The van der Waals surface area contributed by atoms with Gasteiger partial charge in [-0.25, -0.2) is 4.98 Å². The quantitative estimate of drug-likeness (QED) is 0.868. The number of aromatic amines is 1. The molecule has 0 amide bonds. The third-order valence-electron chi connectivity index (χ3n) is 4.45. The first-order valence-electron chi connectivity index (χ1n) is 8.35. The van der Waals surface area contributed by atoms with Gasteiger partial charge >= 0.3 is 0 Å². The molecule has 1 N–H and O–H groups in total. The molecule has 0 aliphatic carbocycles. The molecule has 0 saturated carbocycles. The Hall–Kier alpha value is -1.59. The number of fused-ring (bicyclic) bond motifs is 1. The van der Waals surface area contributed by atoms with Crippen LogP contribution in [0.25, 0.3) is 0 Å². The summed E-state index contributed by atoms with van der Waals surface area (Å²) in [7, 11) is 0. The van der Waals surface area contributed by atoms with E-state index in [9.17, 15) is 4.79 Å². The first-order chi connectivity index (χ1) is 11.4. The van der Waals surface area contributed by atoms with Gasteiger partial charge in [-0.3, -0.25) is 9.69 Å². The molecule has 1 aromatic heterocycles. The van der Waals surface area contributed by atoms with Gasteiger partial charge in [-0.15, -0.1) is 11.8 Å². The Balaban J connectivity index is 1.86. The van der Waals surface area contributed by atoms with Crippen molar-refractivity contribution in [2.45, 2.75) is 50.6 Å². The molecule has 24 heavy (non-hydrogen) atoms. The third kappa shape index (κ3) is 3.57. The molecule has 4 nitrogen and oxygen atoms in total. The van der Waals surface area contributed by atoms with E-state index >= 15 is 0 Å². The summed E-state index contributed by atoms with van der Waals surface area (Å²) >= 11 is 1.78. The average Bonchev–Trinajstić information content (AvgIpc) is 2.54. The molecule has 0 bridgehead atoms. The van der Waals surface area contributed by atoms with E-state index in [2.05, 4.69) is 61.2 Å². The summed E-state index contributed by atoms with van der Waals surface area (Å²) in [6.45, 7) is 8.77. The second-order valence-corrected chi connectivity index (χ2v) is 8.21. The Morgan fingerprint density at radius 2 is 2.04 bits per heavy atom. The SMILES string of the molecule is CSc1ccccc1CN1CCc2c(nc(C(C)(C)C)[nH]c2=O)C1. The Bertz CT molecular complexity index is 792. The van der Waals surface area contributed by atoms with Gasteiger partial charge in [0.15, 0.2) is 0 Å². The summed E-state index contributed by atoms with van der Waals surface area (Å²) in [5.41, 5.74) is 3.03. The maximum Gasteiger partial charge on any atom is 0.254 e. The van der Waals surface area contributed by atoms with Gasteiger partial charge < -0.3 is 4.98 Å². The van der Waals surface area contributed by atoms with Crippen molar-refractivity contribution in [3.63, 3.8) is 0 Å². The number of nitrogens with zero attached hydrogens (tertiary/aromatic N) is 2. The largest absolute Gasteiger partial charge is 0.310 e. The zero-order chi connectivity index (χ0) is 17.3. The number of thioether (sulfide) groups is 1. The smallest absolute Gasteiger partial charge is 0.254 e. The monoisotopic (exact) mass is 343 g/mol. The van der Waals surface area contributed by atoms with Gasteiger partial charge in [0, 0.05) is 35.5 Å². The van der Waals surface area contributed by atoms with E-state index in [-0.39, 0.29) is 11.0 Å². The first kappa shape index (κ1) is 17.2. The van der Waals surface area contributed by atoms with E-state index in [1.165, 1.54) is 10.5 Å². The Labute approximate surface area is 147 Å². The second kappa shape index (κ2) is 6.73. The summed E-state index contributed by atoms with van der Waals surface area (Å²) in [6.07, 6.45) is 2.88. The van der Waals surface area contributed by atoms with Crippen LogP contribution in [0.15, 0.2) is 34.0 Å². The van der Waals surface area contributed by atoms with Gasteiger partial charge in [0.25, 0.3) is 5.56 Å². The number of rotatable bonds is 3. The fourth-order valence-electron chi connectivity index (χ4n) is 3.06. The normalized spacial score (nSPS) is 15.3. The molecular formula is C19H25N3OS. The fourth-order valence-corrected chi connectivity index (χ4v) is 3.67. The number of nitrogens with one attached hydrogen (secondary N) is 1. The second-order valence-electron chi connectivity index (χ2n) is 7.36. The molecule has 1 aliphatic heterocycles. The average molecular weight is 343 g/mol. The molecule has 0 unspecified atom stereocenters. The molecule has 1 aromatic carbocycles. The Kier molecular flexibility index (Phi) is 4.83. The molecule has 3 rings (SSSR count). The standard InChI is InChI=1S/C19H25N3OS/c1-19(2,3)18-20-15-12-22(10-9-14(15)17(23)21-18)11-13-7-5-6-8-16(13)24-4/h5-8H,9-12H2,1-4H3,(H,20,21,23). The Morgan fingerprint density at radius 3 is 2.75 bits per heavy atom. The van der Waals surface area contributed by atoms with Gasteiger partial charge in [0.1, 0.15) is 5.82 Å². The molecule has 2 aromatic rings. The topological polar surface area (TPSA) is 49.0 Å². The number of aromatic nitrogens is 2. The molecule has 0 spiro atoms. The van der Waals surface area contributed by atoms with Crippen molar-refractivity contribution in [2.24, 2.45) is 0 Å². The Morgan fingerprint density at radius 1 is 1.29 bits per heavy atom. The summed E-state index contributed by atoms with van der Waals surface area (Å²) in [6, 6.07) is 8.52. The molecule has 0 fully saturated rings. The lowest BCUT2D eigenvalue weighted by atomic mass is 9.95. The molecule has 2 heterocycles. The van der Waals surface area contributed by atoms with Crippen LogP contribution in [0.1, 0.15) is 43.4 Å². The van der Waals surface area contributed by atoms with Crippen molar-refractivity contribution >= 4 is 11.8 Å². The molecule has 5 heteroatoms. The number of benzene rings is 1. The van der Waals surface area contributed by atoms with Crippen LogP contribution < -0.4 is 5.56 Å². The highest BCUT2D eigenvalue weighted by Gasteiger charge is 2.25. The fraction of sp³-hybridized carbons (Fsp3) is 0.474. The predicted octanol–water partition coefficient (Wildman–Crippen LogP) is 3.35. The highest BCUT2D eigenvalue weighted by atomic mass is 32.2. The van der Waals surface area contributed by atoms with Crippen molar-refractivity contribution in [1.29, 1.82) is 0 Å². The van der Waals surface area contributed by atoms with Crippen molar-refractivity contribution in [2.75, 3.05) is 12.8 Å². The minimum Gasteiger partial charge on any atom is -0.310 e. The number of hydrogen-bond donors (Lipinski definition) is 1. The first-order valence-corrected chi connectivity index (χ1v) is 9.58. The van der Waals surface area contributed by atoms with Crippen LogP contribution in [-0.2, 0) is 24.9 Å². The molecular weight excluding hydrogens is 318 g/mol. The molecule has 0 atom stereocenters. The van der Waals surface area contributed by atoms with Crippen LogP contribution in [0.2, 0.25) is 0 Å². The van der Waals surface area contributed by atoms with Crippen LogP contribution in [0.5, 0.6) is 0 Å². The van der Waals surface area contributed by atoms with Crippen molar-refractivity contribution < 1.29 is 0 Å². The van der Waals surface area contributed by atoms with Crippen LogP contribution >= 0.6 is 11.8 Å². The number of H-pyrrole nitrogens is 1. The van der Waals surface area contributed by atoms with E-state index in [1.54, 1.807) is 11.8 Å². The lowest BCUT2D eigenvalue weighted by Crippen LogP contribution is -2.36. The number of hydrogen-bond acceptors (Lipinski definition) is 4. The summed E-state index contributed by atoms with van der Waals surface area (Å²) in [5, 5.41) is 0. The van der Waals surface area contributed by atoms with Crippen LogP contribution in [0.4, 0.5) is 0 Å². The minimum atomic E-state index is -0.151. The predicted molar refractivity (Wildman–Crippen MR) is 99.6 cm³/mol. The van der Waals surface area contributed by atoms with E-state index in [0.717, 1.165) is 43.1 Å². The van der Waals surface area contributed by atoms with Gasteiger partial charge in [0.05, 0.1) is 5.69 Å².